The number of rotatable bonds is 4. The normalized spacial score (nSPS) is 20.3. The van der Waals surface area contributed by atoms with Crippen LogP contribution in [-0.4, -0.2) is 48.0 Å². The van der Waals surface area contributed by atoms with Crippen LogP contribution in [0.5, 0.6) is 0 Å². The molecular formula is C17H21N3O3S. The van der Waals surface area contributed by atoms with Crippen molar-refractivity contribution in [2.24, 2.45) is 0 Å². The maximum Gasteiger partial charge on any atom is 0.252 e. The molecule has 2 N–H and O–H groups in total. The van der Waals surface area contributed by atoms with Crippen LogP contribution in [0.15, 0.2) is 30.5 Å². The number of sulfonamides is 1. The molecule has 0 unspecified atom stereocenters. The molecule has 1 amide bonds. The molecule has 0 atom stereocenters. The van der Waals surface area contributed by atoms with Gasteiger partial charge in [-0.1, -0.05) is 6.07 Å². The fourth-order valence-electron chi connectivity index (χ4n) is 3.38. The summed E-state index contributed by atoms with van der Waals surface area (Å²) < 4.78 is 26.1. The maximum atomic E-state index is 12.6. The minimum absolute atomic E-state index is 0.0253. The highest BCUT2D eigenvalue weighted by Gasteiger charge is 2.41. The Morgan fingerprint density at radius 3 is 2.58 bits per heavy atom. The first-order valence-electron chi connectivity index (χ1n) is 8.41. The number of benzene rings is 1. The Morgan fingerprint density at radius 2 is 1.88 bits per heavy atom. The molecule has 0 bridgehead atoms. The molecule has 1 saturated heterocycles. The summed E-state index contributed by atoms with van der Waals surface area (Å²) in [6.07, 6.45) is 4.74. The molecule has 4 rings (SSSR count). The van der Waals surface area contributed by atoms with E-state index in [2.05, 4.69) is 10.3 Å². The van der Waals surface area contributed by atoms with Gasteiger partial charge in [-0.2, -0.15) is 0 Å². The number of hydrogen-bond donors (Lipinski definition) is 2. The Hall–Kier alpha value is -1.86. The molecular weight excluding hydrogens is 326 g/mol. The number of nitrogens with one attached hydrogen (secondary N) is 2. The van der Waals surface area contributed by atoms with Crippen molar-refractivity contribution in [1.82, 2.24) is 14.6 Å². The van der Waals surface area contributed by atoms with Gasteiger partial charge in [-0.15, -0.1) is 0 Å². The standard InChI is InChI=1S/C17H21N3O3S/c21-17(15-2-1-3-16-14(15)6-9-18-16)19-12-7-10-20(11-8-12)24(22,23)13-4-5-13/h1-3,6,9,12-13,18H,4-5,7-8,10-11H2,(H,19,21). The number of nitrogens with zero attached hydrogens (tertiary/aromatic N) is 1. The summed E-state index contributed by atoms with van der Waals surface area (Å²) in [6.45, 7) is 0.996. The highest BCUT2D eigenvalue weighted by atomic mass is 32.2. The van der Waals surface area contributed by atoms with Crippen LogP contribution in [0.1, 0.15) is 36.0 Å². The first kappa shape index (κ1) is 15.7. The number of H-pyrrole nitrogens is 1. The third-order valence-corrected chi connectivity index (χ3v) is 7.33. The highest BCUT2D eigenvalue weighted by Crippen LogP contribution is 2.32. The van der Waals surface area contributed by atoms with E-state index in [0.29, 0.717) is 31.5 Å². The van der Waals surface area contributed by atoms with Crippen LogP contribution in [0, 0.1) is 0 Å². The van der Waals surface area contributed by atoms with Gasteiger partial charge in [0.05, 0.1) is 5.25 Å². The van der Waals surface area contributed by atoms with E-state index >= 15 is 0 Å². The SMILES string of the molecule is O=C(NC1CCN(S(=O)(=O)C2CC2)CC1)c1cccc2[nH]ccc12. The second-order valence-electron chi connectivity index (χ2n) is 6.64. The summed E-state index contributed by atoms with van der Waals surface area (Å²) in [6, 6.07) is 7.54. The lowest BCUT2D eigenvalue weighted by atomic mass is 10.0. The molecule has 2 heterocycles. The van der Waals surface area contributed by atoms with Gasteiger partial charge in [-0.25, -0.2) is 12.7 Å². The van der Waals surface area contributed by atoms with E-state index in [1.165, 1.54) is 0 Å². The minimum atomic E-state index is -3.10. The van der Waals surface area contributed by atoms with Crippen LogP contribution in [0.4, 0.5) is 0 Å². The van der Waals surface area contributed by atoms with Crippen LogP contribution in [0.25, 0.3) is 10.9 Å². The lowest BCUT2D eigenvalue weighted by molar-refractivity contribution is 0.0925. The summed E-state index contributed by atoms with van der Waals surface area (Å²) in [5.41, 5.74) is 1.59. The van der Waals surface area contributed by atoms with Gasteiger partial charge in [0, 0.05) is 41.8 Å². The van der Waals surface area contributed by atoms with Gasteiger partial charge in [0.1, 0.15) is 0 Å². The van der Waals surface area contributed by atoms with Crippen molar-refractivity contribution in [3.63, 3.8) is 0 Å². The van der Waals surface area contributed by atoms with Crippen molar-refractivity contribution in [2.75, 3.05) is 13.1 Å². The first-order valence-corrected chi connectivity index (χ1v) is 9.92. The number of amides is 1. The van der Waals surface area contributed by atoms with Crippen LogP contribution >= 0.6 is 0 Å². The van der Waals surface area contributed by atoms with Gasteiger partial charge in [0.2, 0.25) is 10.0 Å². The highest BCUT2D eigenvalue weighted by molar-refractivity contribution is 7.90. The molecule has 7 heteroatoms. The monoisotopic (exact) mass is 347 g/mol. The van der Waals surface area contributed by atoms with Crippen molar-refractivity contribution >= 4 is 26.8 Å². The van der Waals surface area contributed by atoms with Crippen LogP contribution < -0.4 is 5.32 Å². The topological polar surface area (TPSA) is 82.3 Å². The average Bonchev–Trinajstić information content (AvgIpc) is 3.33. The van der Waals surface area contributed by atoms with Gasteiger partial charge >= 0.3 is 0 Å². The van der Waals surface area contributed by atoms with Crippen molar-refractivity contribution in [3.8, 4) is 0 Å². The second kappa shape index (κ2) is 5.89. The molecule has 6 nitrogen and oxygen atoms in total. The van der Waals surface area contributed by atoms with Crippen molar-refractivity contribution in [1.29, 1.82) is 0 Å². The van der Waals surface area contributed by atoms with Crippen molar-refractivity contribution in [3.05, 3.63) is 36.0 Å². The van der Waals surface area contributed by atoms with E-state index < -0.39 is 10.0 Å². The summed E-state index contributed by atoms with van der Waals surface area (Å²) in [7, 11) is -3.10. The third-order valence-electron chi connectivity index (χ3n) is 4.93. The number of carbonyl (C=O) groups excluding carboxylic acids is 1. The predicted octanol–water partition coefficient (Wildman–Crippen LogP) is 1.85. The maximum absolute atomic E-state index is 12.6. The number of fused-ring (bicyclic) bond motifs is 1. The van der Waals surface area contributed by atoms with Crippen molar-refractivity contribution < 1.29 is 13.2 Å². The van der Waals surface area contributed by atoms with E-state index in [1.807, 2.05) is 30.5 Å². The second-order valence-corrected chi connectivity index (χ2v) is 8.85. The fourth-order valence-corrected chi connectivity index (χ4v) is 5.25. The zero-order chi connectivity index (χ0) is 16.7. The summed E-state index contributed by atoms with van der Waals surface area (Å²) in [4.78, 5) is 15.7. The van der Waals surface area contributed by atoms with Gasteiger partial charge in [0.25, 0.3) is 5.91 Å². The zero-order valence-electron chi connectivity index (χ0n) is 13.4. The number of piperidine rings is 1. The van der Waals surface area contributed by atoms with Gasteiger partial charge in [-0.3, -0.25) is 4.79 Å². The molecule has 1 aromatic carbocycles. The average molecular weight is 347 g/mol. The lowest BCUT2D eigenvalue weighted by Crippen LogP contribution is -2.47. The van der Waals surface area contributed by atoms with Crippen molar-refractivity contribution in [2.45, 2.75) is 37.0 Å². The quantitative estimate of drug-likeness (QED) is 0.885. The number of hydrogen-bond acceptors (Lipinski definition) is 3. The molecule has 1 aliphatic carbocycles. The van der Waals surface area contributed by atoms with Gasteiger partial charge < -0.3 is 10.3 Å². The fraction of sp³-hybridized carbons (Fsp3) is 0.471. The minimum Gasteiger partial charge on any atom is -0.361 e. The Morgan fingerprint density at radius 1 is 1.12 bits per heavy atom. The molecule has 128 valence electrons. The molecule has 0 radical (unpaired) electrons. The van der Waals surface area contributed by atoms with E-state index in [1.54, 1.807) is 4.31 Å². The summed E-state index contributed by atoms with van der Waals surface area (Å²) >= 11 is 0. The van der Waals surface area contributed by atoms with Crippen LogP contribution in [0.3, 0.4) is 0 Å². The largest absolute Gasteiger partial charge is 0.361 e. The molecule has 24 heavy (non-hydrogen) atoms. The number of aromatic amines is 1. The van der Waals surface area contributed by atoms with E-state index in [4.69, 9.17) is 0 Å². The van der Waals surface area contributed by atoms with Gasteiger partial charge in [-0.05, 0) is 43.9 Å². The number of carbonyl (C=O) groups is 1. The lowest BCUT2D eigenvalue weighted by Gasteiger charge is -2.31. The van der Waals surface area contributed by atoms with E-state index in [9.17, 15) is 13.2 Å². The number of aromatic nitrogens is 1. The Bertz CT molecular complexity index is 862. The molecule has 0 spiro atoms. The molecule has 1 aliphatic heterocycles. The molecule has 1 saturated carbocycles. The Kier molecular flexibility index (Phi) is 3.85. The molecule has 2 fully saturated rings. The molecule has 2 aromatic rings. The molecule has 2 aliphatic rings. The van der Waals surface area contributed by atoms with E-state index in [-0.39, 0.29) is 17.2 Å². The smallest absolute Gasteiger partial charge is 0.252 e. The van der Waals surface area contributed by atoms with Crippen LogP contribution in [0.2, 0.25) is 0 Å². The Balaban J connectivity index is 1.40. The zero-order valence-corrected chi connectivity index (χ0v) is 14.2. The Labute approximate surface area is 141 Å². The third kappa shape index (κ3) is 2.82. The molecule has 1 aromatic heterocycles. The van der Waals surface area contributed by atoms with E-state index in [0.717, 1.165) is 23.7 Å². The predicted molar refractivity (Wildman–Crippen MR) is 92.3 cm³/mol. The summed E-state index contributed by atoms with van der Waals surface area (Å²) in [5.74, 6) is -0.0938. The van der Waals surface area contributed by atoms with Gasteiger partial charge in [0.15, 0.2) is 0 Å². The van der Waals surface area contributed by atoms with Crippen LogP contribution in [-0.2, 0) is 10.0 Å². The summed E-state index contributed by atoms with van der Waals surface area (Å²) in [5, 5.41) is 3.81. The first-order chi connectivity index (χ1) is 11.6.